The van der Waals surface area contributed by atoms with E-state index >= 15 is 0 Å². The van der Waals surface area contributed by atoms with E-state index in [4.69, 9.17) is 4.74 Å². The zero-order chi connectivity index (χ0) is 16.8. The highest BCUT2D eigenvalue weighted by atomic mass is 19.1. The maximum atomic E-state index is 12.9. The average Bonchev–Trinajstić information content (AvgIpc) is 2.55. The van der Waals surface area contributed by atoms with E-state index in [1.807, 2.05) is 18.7 Å². The molecule has 0 bridgehead atoms. The number of ether oxygens (including phenoxy) is 1. The van der Waals surface area contributed by atoms with E-state index in [9.17, 15) is 14.3 Å². The normalized spacial score (nSPS) is 19.2. The van der Waals surface area contributed by atoms with Crippen LogP contribution in [0, 0.1) is 5.82 Å². The molecule has 2 N–H and O–H groups in total. The van der Waals surface area contributed by atoms with Gasteiger partial charge in [-0.3, -0.25) is 4.79 Å². The number of benzene rings is 1. The predicted octanol–water partition coefficient (Wildman–Crippen LogP) is 1.47. The number of rotatable bonds is 6. The third kappa shape index (κ3) is 5.27. The Labute approximate surface area is 136 Å². The second-order valence-electron chi connectivity index (χ2n) is 6.05. The van der Waals surface area contributed by atoms with Gasteiger partial charge in [0.15, 0.2) is 0 Å². The second kappa shape index (κ2) is 8.38. The summed E-state index contributed by atoms with van der Waals surface area (Å²) >= 11 is 0. The highest BCUT2D eigenvalue weighted by molar-refractivity contribution is 5.76. The standard InChI is InChI=1S/C17H25FN2O3/c1-12(11-16(21)20-7-9-23-10-8-20)19-13(2)17(22)14-3-5-15(18)6-4-14/h3-6,12-13,17,19,22H,7-11H2,1-2H3. The van der Waals surface area contributed by atoms with E-state index in [0.717, 1.165) is 0 Å². The Morgan fingerprint density at radius 1 is 1.30 bits per heavy atom. The van der Waals surface area contributed by atoms with Crippen LogP contribution in [-0.2, 0) is 9.53 Å². The van der Waals surface area contributed by atoms with Gasteiger partial charge in [-0.15, -0.1) is 0 Å². The molecule has 2 rings (SSSR count). The highest BCUT2D eigenvalue weighted by Gasteiger charge is 2.22. The Balaban J connectivity index is 1.82. The third-order valence-corrected chi connectivity index (χ3v) is 4.08. The summed E-state index contributed by atoms with van der Waals surface area (Å²) < 4.78 is 18.2. The number of nitrogens with one attached hydrogen (secondary N) is 1. The fourth-order valence-corrected chi connectivity index (χ4v) is 2.75. The summed E-state index contributed by atoms with van der Waals surface area (Å²) in [7, 11) is 0. The van der Waals surface area contributed by atoms with Gasteiger partial charge < -0.3 is 20.1 Å². The molecule has 3 atom stereocenters. The van der Waals surface area contributed by atoms with Gasteiger partial charge >= 0.3 is 0 Å². The topological polar surface area (TPSA) is 61.8 Å². The van der Waals surface area contributed by atoms with Gasteiger partial charge in [-0.05, 0) is 31.5 Å². The molecule has 0 radical (unpaired) electrons. The minimum atomic E-state index is -0.753. The molecule has 1 amide bonds. The van der Waals surface area contributed by atoms with Crippen LogP contribution in [0.15, 0.2) is 24.3 Å². The molecule has 1 heterocycles. The van der Waals surface area contributed by atoms with Crippen molar-refractivity contribution < 1.29 is 19.0 Å². The Bertz CT molecular complexity index is 503. The Kier molecular flexibility index (Phi) is 6.50. The summed E-state index contributed by atoms with van der Waals surface area (Å²) in [6, 6.07) is 5.50. The van der Waals surface area contributed by atoms with Crippen molar-refractivity contribution in [3.05, 3.63) is 35.6 Å². The van der Waals surface area contributed by atoms with Crippen LogP contribution in [-0.4, -0.2) is 54.3 Å². The van der Waals surface area contributed by atoms with Gasteiger partial charge in [-0.2, -0.15) is 0 Å². The van der Waals surface area contributed by atoms with Crippen LogP contribution < -0.4 is 5.32 Å². The molecule has 128 valence electrons. The van der Waals surface area contributed by atoms with E-state index in [1.54, 1.807) is 12.1 Å². The summed E-state index contributed by atoms with van der Waals surface area (Å²) in [6.07, 6.45) is -0.378. The molecular formula is C17H25FN2O3. The van der Waals surface area contributed by atoms with Crippen molar-refractivity contribution in [2.75, 3.05) is 26.3 Å². The third-order valence-electron chi connectivity index (χ3n) is 4.08. The molecule has 0 aromatic heterocycles. The van der Waals surface area contributed by atoms with Crippen LogP contribution >= 0.6 is 0 Å². The molecule has 1 aliphatic heterocycles. The zero-order valence-electron chi connectivity index (χ0n) is 13.7. The predicted molar refractivity (Wildman–Crippen MR) is 85.4 cm³/mol. The number of hydrogen-bond donors (Lipinski definition) is 2. The van der Waals surface area contributed by atoms with Crippen LogP contribution in [0.3, 0.4) is 0 Å². The van der Waals surface area contributed by atoms with Crippen molar-refractivity contribution in [1.82, 2.24) is 10.2 Å². The summed E-state index contributed by atoms with van der Waals surface area (Å²) in [5.41, 5.74) is 0.651. The van der Waals surface area contributed by atoms with Crippen LogP contribution in [0.25, 0.3) is 0 Å². The van der Waals surface area contributed by atoms with Crippen molar-refractivity contribution in [3.8, 4) is 0 Å². The van der Waals surface area contributed by atoms with Crippen LogP contribution in [0.4, 0.5) is 4.39 Å². The Morgan fingerprint density at radius 2 is 1.91 bits per heavy atom. The first-order valence-electron chi connectivity index (χ1n) is 8.02. The lowest BCUT2D eigenvalue weighted by molar-refractivity contribution is -0.135. The molecule has 1 saturated heterocycles. The van der Waals surface area contributed by atoms with E-state index in [0.29, 0.717) is 38.3 Å². The number of aliphatic hydroxyl groups excluding tert-OH is 1. The van der Waals surface area contributed by atoms with Gasteiger partial charge in [0, 0.05) is 31.6 Å². The quantitative estimate of drug-likeness (QED) is 0.832. The molecule has 5 nitrogen and oxygen atoms in total. The fraction of sp³-hybridized carbons (Fsp3) is 0.588. The maximum absolute atomic E-state index is 12.9. The minimum Gasteiger partial charge on any atom is -0.387 e. The number of hydrogen-bond acceptors (Lipinski definition) is 4. The molecule has 1 aromatic rings. The van der Waals surface area contributed by atoms with Crippen molar-refractivity contribution >= 4 is 5.91 Å². The first-order chi connectivity index (χ1) is 11.0. The molecule has 0 spiro atoms. The highest BCUT2D eigenvalue weighted by Crippen LogP contribution is 2.18. The molecule has 0 saturated carbocycles. The van der Waals surface area contributed by atoms with E-state index in [-0.39, 0.29) is 23.8 Å². The maximum Gasteiger partial charge on any atom is 0.224 e. The lowest BCUT2D eigenvalue weighted by Crippen LogP contribution is -2.45. The lowest BCUT2D eigenvalue weighted by atomic mass is 10.0. The van der Waals surface area contributed by atoms with E-state index < -0.39 is 6.10 Å². The zero-order valence-corrected chi connectivity index (χ0v) is 13.7. The van der Waals surface area contributed by atoms with Crippen molar-refractivity contribution in [2.45, 2.75) is 38.5 Å². The first-order valence-corrected chi connectivity index (χ1v) is 8.02. The Morgan fingerprint density at radius 3 is 2.52 bits per heavy atom. The summed E-state index contributed by atoms with van der Waals surface area (Å²) in [5, 5.41) is 13.6. The van der Waals surface area contributed by atoms with Crippen molar-refractivity contribution in [2.24, 2.45) is 0 Å². The van der Waals surface area contributed by atoms with Gasteiger partial charge in [0.25, 0.3) is 0 Å². The minimum absolute atomic E-state index is 0.0598. The summed E-state index contributed by atoms with van der Waals surface area (Å²) in [6.45, 7) is 6.23. The van der Waals surface area contributed by atoms with E-state index in [2.05, 4.69) is 5.32 Å². The number of amides is 1. The van der Waals surface area contributed by atoms with Crippen molar-refractivity contribution in [1.29, 1.82) is 0 Å². The molecule has 0 aliphatic carbocycles. The average molecular weight is 324 g/mol. The smallest absolute Gasteiger partial charge is 0.224 e. The van der Waals surface area contributed by atoms with Crippen LogP contribution in [0.5, 0.6) is 0 Å². The van der Waals surface area contributed by atoms with Crippen LogP contribution in [0.2, 0.25) is 0 Å². The number of halogens is 1. The first kappa shape index (κ1) is 17.8. The summed E-state index contributed by atoms with van der Waals surface area (Å²) in [5.74, 6) is -0.234. The molecule has 1 fully saturated rings. The Hall–Kier alpha value is -1.50. The SMILES string of the molecule is CC(CC(=O)N1CCOCC1)NC(C)C(O)c1ccc(F)cc1. The molecule has 3 unspecified atom stereocenters. The fourth-order valence-electron chi connectivity index (χ4n) is 2.75. The van der Waals surface area contributed by atoms with Gasteiger partial charge in [-0.1, -0.05) is 12.1 Å². The monoisotopic (exact) mass is 324 g/mol. The van der Waals surface area contributed by atoms with Gasteiger partial charge in [0.2, 0.25) is 5.91 Å². The molecule has 1 aliphatic rings. The largest absolute Gasteiger partial charge is 0.387 e. The lowest BCUT2D eigenvalue weighted by Gasteiger charge is -2.29. The number of morpholine rings is 1. The van der Waals surface area contributed by atoms with Gasteiger partial charge in [0.05, 0.1) is 19.3 Å². The number of nitrogens with zero attached hydrogens (tertiary/aromatic N) is 1. The number of carbonyl (C=O) groups is 1. The van der Waals surface area contributed by atoms with Crippen molar-refractivity contribution in [3.63, 3.8) is 0 Å². The van der Waals surface area contributed by atoms with Gasteiger partial charge in [-0.25, -0.2) is 4.39 Å². The van der Waals surface area contributed by atoms with Crippen LogP contribution in [0.1, 0.15) is 31.9 Å². The molecule has 23 heavy (non-hydrogen) atoms. The molecule has 6 heteroatoms. The second-order valence-corrected chi connectivity index (χ2v) is 6.05. The van der Waals surface area contributed by atoms with Gasteiger partial charge in [0.1, 0.15) is 5.82 Å². The molecule has 1 aromatic carbocycles. The van der Waals surface area contributed by atoms with E-state index in [1.165, 1.54) is 12.1 Å². The molecular weight excluding hydrogens is 299 g/mol. The number of aliphatic hydroxyl groups is 1. The summed E-state index contributed by atoms with van der Waals surface area (Å²) in [4.78, 5) is 14.0. The number of carbonyl (C=O) groups excluding carboxylic acids is 1.